The molecule has 0 saturated heterocycles. The van der Waals surface area contributed by atoms with Gasteiger partial charge < -0.3 is 5.73 Å². The highest BCUT2D eigenvalue weighted by Crippen LogP contribution is 2.28. The van der Waals surface area contributed by atoms with Gasteiger partial charge in [-0.1, -0.05) is 39.5 Å². The number of benzene rings is 1. The molecule has 1 unspecified atom stereocenters. The average molecular weight is 291 g/mol. The summed E-state index contributed by atoms with van der Waals surface area (Å²) in [5.41, 5.74) is 3.34. The van der Waals surface area contributed by atoms with Crippen LogP contribution in [0.2, 0.25) is 0 Å². The summed E-state index contributed by atoms with van der Waals surface area (Å²) in [7, 11) is 0. The summed E-state index contributed by atoms with van der Waals surface area (Å²) < 4.78 is 54.0. The van der Waals surface area contributed by atoms with E-state index in [1.165, 1.54) is 0 Å². The molecule has 0 spiro atoms. The van der Waals surface area contributed by atoms with Crippen molar-refractivity contribution in [3.05, 3.63) is 28.8 Å². The van der Waals surface area contributed by atoms with Gasteiger partial charge in [-0.25, -0.2) is 17.6 Å². The van der Waals surface area contributed by atoms with E-state index in [0.29, 0.717) is 12.3 Å². The van der Waals surface area contributed by atoms with Crippen LogP contribution in [0.1, 0.15) is 51.5 Å². The molecule has 0 amide bonds. The van der Waals surface area contributed by atoms with Crippen LogP contribution in [0.25, 0.3) is 0 Å². The Kier molecular flexibility index (Phi) is 6.30. The Morgan fingerprint density at radius 2 is 1.45 bits per heavy atom. The molecule has 1 atom stereocenters. The third-order valence-electron chi connectivity index (χ3n) is 3.73. The summed E-state index contributed by atoms with van der Waals surface area (Å²) in [5.74, 6) is -5.43. The third-order valence-corrected chi connectivity index (χ3v) is 3.73. The SMILES string of the molecule is CCCCC(CC)CCc1c(F)c(F)c(N)c(F)c1F. The van der Waals surface area contributed by atoms with Crippen LogP contribution >= 0.6 is 0 Å². The molecule has 1 aromatic carbocycles. The molecule has 20 heavy (non-hydrogen) atoms. The smallest absolute Gasteiger partial charge is 0.185 e. The van der Waals surface area contributed by atoms with Gasteiger partial charge in [0.05, 0.1) is 0 Å². The van der Waals surface area contributed by atoms with Gasteiger partial charge in [0.1, 0.15) is 5.69 Å². The minimum atomic E-state index is -1.50. The molecule has 2 N–H and O–H groups in total. The Morgan fingerprint density at radius 3 is 1.90 bits per heavy atom. The second kappa shape index (κ2) is 7.50. The first kappa shape index (κ1) is 16.8. The molecule has 1 rings (SSSR count). The van der Waals surface area contributed by atoms with Crippen molar-refractivity contribution >= 4 is 5.69 Å². The van der Waals surface area contributed by atoms with Crippen molar-refractivity contribution in [3.8, 4) is 0 Å². The van der Waals surface area contributed by atoms with Gasteiger partial charge in [-0.3, -0.25) is 0 Å². The first-order chi connectivity index (χ1) is 9.43. The average Bonchev–Trinajstić information content (AvgIpc) is 2.46. The molecular formula is C15H21F4N. The van der Waals surface area contributed by atoms with Crippen LogP contribution in [0.4, 0.5) is 23.2 Å². The number of unbranched alkanes of at least 4 members (excludes halogenated alkanes) is 1. The number of hydrogen-bond acceptors (Lipinski definition) is 1. The molecule has 0 bridgehead atoms. The van der Waals surface area contributed by atoms with Crippen molar-refractivity contribution in [2.45, 2.75) is 52.4 Å². The quantitative estimate of drug-likeness (QED) is 0.428. The van der Waals surface area contributed by atoms with Crippen LogP contribution in [0, 0.1) is 29.2 Å². The van der Waals surface area contributed by atoms with Gasteiger partial charge in [0.25, 0.3) is 0 Å². The predicted octanol–water partition coefficient (Wildman–Crippen LogP) is 4.97. The molecule has 0 aliphatic carbocycles. The standard InChI is InChI=1S/C15H21F4N/c1-3-5-6-9(4-2)7-8-10-11(16)13(18)15(20)14(19)12(10)17/h9H,3-8,20H2,1-2H3. The van der Waals surface area contributed by atoms with E-state index in [2.05, 4.69) is 6.92 Å². The van der Waals surface area contributed by atoms with E-state index in [0.717, 1.165) is 25.7 Å². The van der Waals surface area contributed by atoms with Gasteiger partial charge in [0, 0.05) is 5.56 Å². The summed E-state index contributed by atoms with van der Waals surface area (Å²) in [6, 6.07) is 0. The monoisotopic (exact) mass is 291 g/mol. The van der Waals surface area contributed by atoms with Gasteiger partial charge in [-0.15, -0.1) is 0 Å². The van der Waals surface area contributed by atoms with Crippen LogP contribution in [-0.4, -0.2) is 0 Å². The van der Waals surface area contributed by atoms with Crippen molar-refractivity contribution in [2.24, 2.45) is 5.92 Å². The van der Waals surface area contributed by atoms with Crippen LogP contribution in [0.3, 0.4) is 0 Å². The highest BCUT2D eigenvalue weighted by atomic mass is 19.2. The zero-order valence-corrected chi connectivity index (χ0v) is 11.9. The van der Waals surface area contributed by atoms with E-state index < -0.39 is 34.5 Å². The third kappa shape index (κ3) is 3.64. The Hall–Kier alpha value is -1.26. The molecule has 0 aliphatic heterocycles. The minimum Gasteiger partial charge on any atom is -0.394 e. The Labute approximate surface area is 117 Å². The van der Waals surface area contributed by atoms with Gasteiger partial charge in [-0.05, 0) is 18.8 Å². The lowest BCUT2D eigenvalue weighted by atomic mass is 9.92. The van der Waals surface area contributed by atoms with Crippen LogP contribution in [0.15, 0.2) is 0 Å². The van der Waals surface area contributed by atoms with Crippen LogP contribution < -0.4 is 5.73 Å². The van der Waals surface area contributed by atoms with Gasteiger partial charge >= 0.3 is 0 Å². The topological polar surface area (TPSA) is 26.0 Å². The van der Waals surface area contributed by atoms with Crippen molar-refractivity contribution in [2.75, 3.05) is 5.73 Å². The normalized spacial score (nSPS) is 12.7. The zero-order chi connectivity index (χ0) is 15.3. The van der Waals surface area contributed by atoms with Crippen LogP contribution in [-0.2, 0) is 6.42 Å². The highest BCUT2D eigenvalue weighted by Gasteiger charge is 2.23. The number of anilines is 1. The fourth-order valence-corrected chi connectivity index (χ4v) is 2.31. The maximum Gasteiger partial charge on any atom is 0.185 e. The first-order valence-corrected chi connectivity index (χ1v) is 7.04. The molecule has 0 radical (unpaired) electrons. The van der Waals surface area contributed by atoms with Crippen molar-refractivity contribution in [1.29, 1.82) is 0 Å². The van der Waals surface area contributed by atoms with E-state index >= 15 is 0 Å². The van der Waals surface area contributed by atoms with Crippen molar-refractivity contribution < 1.29 is 17.6 Å². The molecule has 0 fully saturated rings. The second-order valence-corrected chi connectivity index (χ2v) is 5.10. The Morgan fingerprint density at radius 1 is 0.900 bits per heavy atom. The van der Waals surface area contributed by atoms with E-state index in [-0.39, 0.29) is 6.42 Å². The van der Waals surface area contributed by atoms with Crippen molar-refractivity contribution in [1.82, 2.24) is 0 Å². The Balaban J connectivity index is 2.87. The minimum absolute atomic E-state index is 0.0198. The fraction of sp³-hybridized carbons (Fsp3) is 0.600. The van der Waals surface area contributed by atoms with E-state index in [1.54, 1.807) is 0 Å². The number of halogens is 4. The lowest BCUT2D eigenvalue weighted by Crippen LogP contribution is -2.10. The highest BCUT2D eigenvalue weighted by molar-refractivity contribution is 5.45. The maximum atomic E-state index is 13.6. The Bertz CT molecular complexity index is 431. The molecule has 0 aromatic heterocycles. The van der Waals surface area contributed by atoms with E-state index in [4.69, 9.17) is 5.73 Å². The largest absolute Gasteiger partial charge is 0.394 e. The van der Waals surface area contributed by atoms with E-state index in [1.807, 2.05) is 6.92 Å². The summed E-state index contributed by atoms with van der Waals surface area (Å²) in [6.07, 6.45) is 4.40. The fourth-order valence-electron chi connectivity index (χ4n) is 2.31. The number of hydrogen-bond donors (Lipinski definition) is 1. The summed E-state index contributed by atoms with van der Waals surface area (Å²) in [4.78, 5) is 0. The number of nitrogens with two attached hydrogens (primary N) is 1. The van der Waals surface area contributed by atoms with E-state index in [9.17, 15) is 17.6 Å². The first-order valence-electron chi connectivity index (χ1n) is 7.04. The van der Waals surface area contributed by atoms with Crippen molar-refractivity contribution in [3.63, 3.8) is 0 Å². The summed E-state index contributed by atoms with van der Waals surface area (Å²) in [6.45, 7) is 4.06. The number of nitrogen functional groups attached to an aromatic ring is 1. The molecule has 1 nitrogen and oxygen atoms in total. The van der Waals surface area contributed by atoms with Crippen LogP contribution in [0.5, 0.6) is 0 Å². The summed E-state index contributed by atoms with van der Waals surface area (Å²) >= 11 is 0. The zero-order valence-electron chi connectivity index (χ0n) is 11.9. The molecule has 0 heterocycles. The lowest BCUT2D eigenvalue weighted by Gasteiger charge is -2.15. The predicted molar refractivity (Wildman–Crippen MR) is 72.3 cm³/mol. The molecular weight excluding hydrogens is 270 g/mol. The summed E-state index contributed by atoms with van der Waals surface area (Å²) in [5, 5.41) is 0. The number of rotatable bonds is 7. The van der Waals surface area contributed by atoms with Gasteiger partial charge in [0.2, 0.25) is 0 Å². The van der Waals surface area contributed by atoms with Gasteiger partial charge in [-0.2, -0.15) is 0 Å². The second-order valence-electron chi connectivity index (χ2n) is 5.10. The maximum absolute atomic E-state index is 13.6. The van der Waals surface area contributed by atoms with Gasteiger partial charge in [0.15, 0.2) is 23.3 Å². The molecule has 1 aromatic rings. The lowest BCUT2D eigenvalue weighted by molar-refractivity contribution is 0.401. The molecule has 0 aliphatic rings. The molecule has 114 valence electrons. The molecule has 5 heteroatoms. The molecule has 0 saturated carbocycles.